The molecule has 1 fully saturated rings. The number of nitrogens with zero attached hydrogens (tertiary/aromatic N) is 1. The van der Waals surface area contributed by atoms with E-state index in [1.165, 1.54) is 28.6 Å². The summed E-state index contributed by atoms with van der Waals surface area (Å²) in [6.07, 6.45) is -0.347. The molecule has 1 heterocycles. The Balaban J connectivity index is 2.06. The van der Waals surface area contributed by atoms with Crippen LogP contribution in [0.25, 0.3) is 0 Å². The molecule has 26 heavy (non-hydrogen) atoms. The van der Waals surface area contributed by atoms with Gasteiger partial charge in [0.25, 0.3) is 5.91 Å². The lowest BCUT2D eigenvalue weighted by atomic mass is 10.2. The summed E-state index contributed by atoms with van der Waals surface area (Å²) in [4.78, 5) is 23.5. The van der Waals surface area contributed by atoms with Crippen LogP contribution in [0.3, 0.4) is 0 Å². The Bertz CT molecular complexity index is 738. The molecule has 2 N–H and O–H groups in total. The maximum Gasteiger partial charge on any atom is 0.251 e. The standard InChI is InChI=1S/C17H25N3O5S/c1-4-18-16(21)9-19-17(22)14-5-7-15(8-6-14)26(23,24)20-10-12(2)25-13(3)11-20/h5-8,12-13H,4,9-11H2,1-3H3,(H,18,21)(H,19,22)/t12-,13-/m1/s1. The van der Waals surface area contributed by atoms with E-state index in [0.29, 0.717) is 19.6 Å². The topological polar surface area (TPSA) is 105 Å². The van der Waals surface area contributed by atoms with Gasteiger partial charge in [0.15, 0.2) is 0 Å². The van der Waals surface area contributed by atoms with E-state index >= 15 is 0 Å². The molecule has 0 bridgehead atoms. The first-order valence-corrected chi connectivity index (χ1v) is 9.98. The number of carbonyl (C=O) groups is 2. The van der Waals surface area contributed by atoms with Crippen molar-refractivity contribution in [1.82, 2.24) is 14.9 Å². The minimum atomic E-state index is -3.65. The van der Waals surface area contributed by atoms with Crippen molar-refractivity contribution < 1.29 is 22.7 Å². The Labute approximate surface area is 153 Å². The molecule has 0 unspecified atom stereocenters. The quantitative estimate of drug-likeness (QED) is 0.738. The number of rotatable bonds is 6. The van der Waals surface area contributed by atoms with E-state index < -0.39 is 15.9 Å². The summed E-state index contributed by atoms with van der Waals surface area (Å²) in [5.41, 5.74) is 0.289. The number of benzene rings is 1. The Morgan fingerprint density at radius 2 is 1.69 bits per heavy atom. The van der Waals surface area contributed by atoms with Crippen LogP contribution in [0.5, 0.6) is 0 Å². The normalized spacial score (nSPS) is 21.2. The first kappa shape index (κ1) is 20.3. The first-order valence-electron chi connectivity index (χ1n) is 8.54. The average molecular weight is 383 g/mol. The molecule has 0 saturated carbocycles. The summed E-state index contributed by atoms with van der Waals surface area (Å²) < 4.78 is 32.5. The highest BCUT2D eigenvalue weighted by Crippen LogP contribution is 2.21. The summed E-state index contributed by atoms with van der Waals surface area (Å²) in [7, 11) is -3.65. The van der Waals surface area contributed by atoms with Gasteiger partial charge in [-0.1, -0.05) is 0 Å². The summed E-state index contributed by atoms with van der Waals surface area (Å²) in [5, 5.41) is 5.07. The van der Waals surface area contributed by atoms with Crippen molar-refractivity contribution in [3.05, 3.63) is 29.8 Å². The third-order valence-electron chi connectivity index (χ3n) is 3.92. The van der Waals surface area contributed by atoms with E-state index in [4.69, 9.17) is 4.74 Å². The van der Waals surface area contributed by atoms with Gasteiger partial charge in [-0.2, -0.15) is 4.31 Å². The molecular formula is C17H25N3O5S. The second-order valence-electron chi connectivity index (χ2n) is 6.24. The largest absolute Gasteiger partial charge is 0.373 e. The van der Waals surface area contributed by atoms with Crippen LogP contribution in [0.1, 0.15) is 31.1 Å². The van der Waals surface area contributed by atoms with E-state index in [2.05, 4.69) is 10.6 Å². The maximum atomic E-state index is 12.8. The number of hydrogen-bond donors (Lipinski definition) is 2. The number of nitrogens with one attached hydrogen (secondary N) is 2. The van der Waals surface area contributed by atoms with E-state index in [0.717, 1.165) is 0 Å². The molecule has 0 aromatic heterocycles. The number of hydrogen-bond acceptors (Lipinski definition) is 5. The summed E-state index contributed by atoms with van der Waals surface area (Å²) in [6, 6.07) is 5.68. The number of carbonyl (C=O) groups excluding carboxylic acids is 2. The number of ether oxygens (including phenoxy) is 1. The molecule has 1 aromatic rings. The predicted molar refractivity (Wildman–Crippen MR) is 96.2 cm³/mol. The molecule has 0 aliphatic carbocycles. The van der Waals surface area contributed by atoms with E-state index in [-0.39, 0.29) is 35.1 Å². The Morgan fingerprint density at radius 3 is 2.23 bits per heavy atom. The van der Waals surface area contributed by atoms with Gasteiger partial charge in [0, 0.05) is 25.2 Å². The lowest BCUT2D eigenvalue weighted by Crippen LogP contribution is -2.48. The molecule has 0 radical (unpaired) electrons. The van der Waals surface area contributed by atoms with Gasteiger partial charge in [0.1, 0.15) is 0 Å². The molecule has 144 valence electrons. The molecule has 1 saturated heterocycles. The van der Waals surface area contributed by atoms with Gasteiger partial charge in [0.2, 0.25) is 15.9 Å². The lowest BCUT2D eigenvalue weighted by Gasteiger charge is -2.34. The van der Waals surface area contributed by atoms with Gasteiger partial charge in [-0.15, -0.1) is 0 Å². The van der Waals surface area contributed by atoms with Crippen molar-refractivity contribution >= 4 is 21.8 Å². The third-order valence-corrected chi connectivity index (χ3v) is 5.77. The van der Waals surface area contributed by atoms with Crippen molar-refractivity contribution in [2.24, 2.45) is 0 Å². The van der Waals surface area contributed by atoms with Crippen LogP contribution in [-0.2, 0) is 19.6 Å². The maximum absolute atomic E-state index is 12.8. The molecule has 1 aliphatic heterocycles. The van der Waals surface area contributed by atoms with Gasteiger partial charge >= 0.3 is 0 Å². The highest BCUT2D eigenvalue weighted by molar-refractivity contribution is 7.89. The van der Waals surface area contributed by atoms with Crippen molar-refractivity contribution in [3.63, 3.8) is 0 Å². The monoisotopic (exact) mass is 383 g/mol. The van der Waals surface area contributed by atoms with E-state index in [9.17, 15) is 18.0 Å². The fourth-order valence-corrected chi connectivity index (χ4v) is 4.37. The van der Waals surface area contributed by atoms with Crippen LogP contribution >= 0.6 is 0 Å². The highest BCUT2D eigenvalue weighted by Gasteiger charge is 2.32. The van der Waals surface area contributed by atoms with Crippen molar-refractivity contribution in [3.8, 4) is 0 Å². The smallest absolute Gasteiger partial charge is 0.251 e. The van der Waals surface area contributed by atoms with Gasteiger partial charge in [-0.3, -0.25) is 9.59 Å². The van der Waals surface area contributed by atoms with Crippen LogP contribution < -0.4 is 10.6 Å². The van der Waals surface area contributed by atoms with Gasteiger partial charge in [-0.05, 0) is 45.0 Å². The number of likely N-dealkylation sites (N-methyl/N-ethyl adjacent to an activating group) is 1. The minimum Gasteiger partial charge on any atom is -0.373 e. The molecule has 1 aromatic carbocycles. The lowest BCUT2D eigenvalue weighted by molar-refractivity contribution is -0.120. The number of sulfonamides is 1. The van der Waals surface area contributed by atoms with Crippen molar-refractivity contribution in [2.75, 3.05) is 26.2 Å². The van der Waals surface area contributed by atoms with Crippen LogP contribution in [0, 0.1) is 0 Å². The van der Waals surface area contributed by atoms with Crippen LogP contribution in [0.15, 0.2) is 29.2 Å². The third kappa shape index (κ3) is 5.03. The molecule has 2 amide bonds. The Kier molecular flexibility index (Phi) is 6.74. The first-order chi connectivity index (χ1) is 12.2. The molecule has 1 aliphatic rings. The van der Waals surface area contributed by atoms with Gasteiger partial charge < -0.3 is 15.4 Å². The van der Waals surface area contributed by atoms with Crippen LogP contribution in [0.2, 0.25) is 0 Å². The molecule has 0 spiro atoms. The van der Waals surface area contributed by atoms with Gasteiger partial charge in [0.05, 0.1) is 23.6 Å². The van der Waals surface area contributed by atoms with Crippen molar-refractivity contribution in [2.45, 2.75) is 37.9 Å². The molecule has 9 heteroatoms. The SMILES string of the molecule is CCNC(=O)CNC(=O)c1ccc(S(=O)(=O)N2C[C@@H](C)O[C@H](C)C2)cc1. The second-order valence-corrected chi connectivity index (χ2v) is 8.18. The van der Waals surface area contributed by atoms with Gasteiger partial charge in [-0.25, -0.2) is 8.42 Å². The zero-order valence-electron chi connectivity index (χ0n) is 15.2. The highest BCUT2D eigenvalue weighted by atomic mass is 32.2. The van der Waals surface area contributed by atoms with E-state index in [1.807, 2.05) is 13.8 Å². The van der Waals surface area contributed by atoms with Crippen LogP contribution in [0.4, 0.5) is 0 Å². The Hall–Kier alpha value is -1.97. The molecule has 2 rings (SSSR count). The second kappa shape index (κ2) is 8.61. The van der Waals surface area contributed by atoms with E-state index in [1.54, 1.807) is 6.92 Å². The predicted octanol–water partition coefficient (Wildman–Crippen LogP) is 0.350. The Morgan fingerprint density at radius 1 is 1.12 bits per heavy atom. The summed E-state index contributed by atoms with van der Waals surface area (Å²) >= 11 is 0. The zero-order valence-corrected chi connectivity index (χ0v) is 16.0. The molecule has 8 nitrogen and oxygen atoms in total. The zero-order chi connectivity index (χ0) is 19.3. The number of morpholine rings is 1. The summed E-state index contributed by atoms with van der Waals surface area (Å²) in [5.74, 6) is -0.718. The average Bonchev–Trinajstić information content (AvgIpc) is 2.59. The summed E-state index contributed by atoms with van der Waals surface area (Å²) in [6.45, 7) is 6.40. The number of amides is 2. The molecular weight excluding hydrogens is 358 g/mol. The fourth-order valence-electron chi connectivity index (χ4n) is 2.78. The van der Waals surface area contributed by atoms with Crippen LogP contribution in [-0.4, -0.2) is 62.9 Å². The molecule has 2 atom stereocenters. The van der Waals surface area contributed by atoms with Crippen molar-refractivity contribution in [1.29, 1.82) is 0 Å². The minimum absolute atomic E-state index is 0.124. The fraction of sp³-hybridized carbons (Fsp3) is 0.529.